The molecule has 0 aromatic carbocycles. The highest BCUT2D eigenvalue weighted by Gasteiger charge is 2.01. The largest absolute Gasteiger partial charge is 0.465 e. The highest BCUT2D eigenvalue weighted by atomic mass is 16.5. The van der Waals surface area contributed by atoms with Crippen LogP contribution in [0, 0.1) is 0 Å². The number of ether oxygens (including phenoxy) is 1. The molecule has 0 amide bonds. The van der Waals surface area contributed by atoms with Crippen molar-refractivity contribution in [1.29, 1.82) is 0 Å². The Hall–Kier alpha value is -1.96. The highest BCUT2D eigenvalue weighted by molar-refractivity contribution is 5.76. The molecule has 0 saturated carbocycles. The number of nitrogens with two attached hydrogens (primary N) is 4. The minimum atomic E-state index is -0.376. The molecule has 0 fully saturated rings. The van der Waals surface area contributed by atoms with Gasteiger partial charge in [-0.05, 0) is 0 Å². The van der Waals surface area contributed by atoms with Crippen molar-refractivity contribution in [2.75, 3.05) is 13.2 Å². The fraction of sp³-hybridized carbons (Fsp3) is 0.500. The third-order valence-electron chi connectivity index (χ3n) is 1.53. The van der Waals surface area contributed by atoms with E-state index in [0.29, 0.717) is 12.1 Å². The maximum atomic E-state index is 11.1. The molecule has 0 aliphatic rings. The van der Waals surface area contributed by atoms with Gasteiger partial charge in [0, 0.05) is 18.3 Å². The smallest absolute Gasteiger partial charge is 0.307 e. The molecule has 0 saturated heterocycles. The number of hydrogen-bond donors (Lipinski definition) is 5. The maximum Gasteiger partial charge on any atom is 0.307 e. The summed E-state index contributed by atoms with van der Waals surface area (Å²) < 4.78 is 4.86. The minimum absolute atomic E-state index is 0.0472. The van der Waals surface area contributed by atoms with Crippen molar-refractivity contribution in [2.24, 2.45) is 28.0 Å². The molecule has 9 N–H and O–H groups in total. The Labute approximate surface area is 93.7 Å². The summed E-state index contributed by atoms with van der Waals surface area (Å²) in [6, 6.07) is 0. The van der Waals surface area contributed by atoms with Gasteiger partial charge in [-0.2, -0.15) is 0 Å². The summed E-state index contributed by atoms with van der Waals surface area (Å²) in [6.45, 7) is 0.418. The van der Waals surface area contributed by atoms with E-state index in [9.17, 15) is 4.79 Å². The Balaban J connectivity index is 3.59. The molecule has 0 aromatic rings. The molecule has 8 nitrogen and oxygen atoms in total. The van der Waals surface area contributed by atoms with Gasteiger partial charge < -0.3 is 27.4 Å². The van der Waals surface area contributed by atoms with Crippen LogP contribution in [0.1, 0.15) is 12.8 Å². The third kappa shape index (κ3) is 8.63. The summed E-state index contributed by atoms with van der Waals surface area (Å²) in [5.74, 6) is 4.58. The van der Waals surface area contributed by atoms with Crippen LogP contribution in [0.4, 0.5) is 0 Å². The number of nitrogens with one attached hydrogen (secondary N) is 1. The van der Waals surface area contributed by atoms with Crippen molar-refractivity contribution in [2.45, 2.75) is 12.8 Å². The van der Waals surface area contributed by atoms with Gasteiger partial charge in [-0.15, -0.1) is 0 Å². The van der Waals surface area contributed by atoms with Crippen LogP contribution in [0.2, 0.25) is 0 Å². The number of carbonyl (C=O) groups is 1. The number of hydrogen-bond acceptors (Lipinski definition) is 6. The third-order valence-corrected chi connectivity index (χ3v) is 1.53. The van der Waals surface area contributed by atoms with E-state index in [1.54, 1.807) is 0 Å². The number of nitrogens with zero attached hydrogens (tertiary/aromatic N) is 1. The molecule has 92 valence electrons. The number of hydrazine groups is 1. The number of esters is 1. The van der Waals surface area contributed by atoms with Crippen LogP contribution >= 0.6 is 0 Å². The van der Waals surface area contributed by atoms with Gasteiger partial charge in [-0.25, -0.2) is 0 Å². The van der Waals surface area contributed by atoms with E-state index in [4.69, 9.17) is 27.8 Å². The first-order valence-corrected chi connectivity index (χ1v) is 4.68. The van der Waals surface area contributed by atoms with Gasteiger partial charge in [0.2, 0.25) is 0 Å². The molecule has 0 aromatic heterocycles. The minimum Gasteiger partial charge on any atom is -0.465 e. The second-order valence-electron chi connectivity index (χ2n) is 2.91. The number of guanidine groups is 1. The van der Waals surface area contributed by atoms with Crippen molar-refractivity contribution >= 4 is 11.9 Å². The standard InChI is InChI=1S/C8H18N6O2/c9-6(5-14-12)2-4-16-7(15)1-3-13-8(10)11/h5,14H,1-4,9,12H2,(H4,10,11,13)/b6-5-. The fourth-order valence-corrected chi connectivity index (χ4v) is 0.810. The van der Waals surface area contributed by atoms with Gasteiger partial charge in [0.15, 0.2) is 5.96 Å². The summed E-state index contributed by atoms with van der Waals surface area (Å²) in [7, 11) is 0. The number of aliphatic imine (C=N–C) groups is 1. The topological polar surface area (TPSA) is 155 Å². The van der Waals surface area contributed by atoms with Crippen LogP contribution in [0.5, 0.6) is 0 Å². The van der Waals surface area contributed by atoms with Gasteiger partial charge in [0.1, 0.15) is 0 Å². The zero-order valence-electron chi connectivity index (χ0n) is 8.98. The lowest BCUT2D eigenvalue weighted by molar-refractivity contribution is -0.143. The quantitative estimate of drug-likeness (QED) is 0.110. The normalized spacial score (nSPS) is 10.7. The van der Waals surface area contributed by atoms with Crippen molar-refractivity contribution in [1.82, 2.24) is 5.43 Å². The monoisotopic (exact) mass is 230 g/mol. The second-order valence-corrected chi connectivity index (χ2v) is 2.91. The van der Waals surface area contributed by atoms with E-state index in [0.717, 1.165) is 0 Å². The van der Waals surface area contributed by atoms with Crippen molar-refractivity contribution in [3.8, 4) is 0 Å². The summed E-state index contributed by atoms with van der Waals surface area (Å²) in [5.41, 5.74) is 18.4. The zero-order valence-corrected chi connectivity index (χ0v) is 8.98. The van der Waals surface area contributed by atoms with Crippen molar-refractivity contribution in [3.63, 3.8) is 0 Å². The molecule has 0 aliphatic heterocycles. The average molecular weight is 230 g/mol. The summed E-state index contributed by atoms with van der Waals surface area (Å²) in [4.78, 5) is 14.7. The van der Waals surface area contributed by atoms with Gasteiger partial charge in [-0.1, -0.05) is 0 Å². The Morgan fingerprint density at radius 1 is 1.31 bits per heavy atom. The molecule has 0 rings (SSSR count). The van der Waals surface area contributed by atoms with E-state index in [1.807, 2.05) is 0 Å². The van der Waals surface area contributed by atoms with Crippen LogP contribution in [-0.2, 0) is 9.53 Å². The van der Waals surface area contributed by atoms with E-state index in [1.165, 1.54) is 6.20 Å². The molecule has 16 heavy (non-hydrogen) atoms. The van der Waals surface area contributed by atoms with Crippen molar-refractivity contribution < 1.29 is 9.53 Å². The molecule has 0 unspecified atom stereocenters. The zero-order chi connectivity index (χ0) is 12.4. The van der Waals surface area contributed by atoms with Crippen LogP contribution in [0.25, 0.3) is 0 Å². The molecule has 0 atom stereocenters. The van der Waals surface area contributed by atoms with Crippen molar-refractivity contribution in [3.05, 3.63) is 11.9 Å². The molecule has 8 heteroatoms. The lowest BCUT2D eigenvalue weighted by Crippen LogP contribution is -2.23. The molecule has 0 bridgehead atoms. The van der Waals surface area contributed by atoms with Crippen LogP contribution in [-0.4, -0.2) is 25.1 Å². The van der Waals surface area contributed by atoms with E-state index in [2.05, 4.69) is 10.4 Å². The molecule has 0 spiro atoms. The lowest BCUT2D eigenvalue weighted by Gasteiger charge is -2.04. The predicted molar refractivity (Wildman–Crippen MR) is 60.5 cm³/mol. The fourth-order valence-electron chi connectivity index (χ4n) is 0.810. The predicted octanol–water partition coefficient (Wildman–Crippen LogP) is -2.15. The Morgan fingerprint density at radius 3 is 2.56 bits per heavy atom. The molecular formula is C8H18N6O2. The maximum absolute atomic E-state index is 11.1. The first-order valence-electron chi connectivity index (χ1n) is 4.68. The van der Waals surface area contributed by atoms with E-state index < -0.39 is 0 Å². The van der Waals surface area contributed by atoms with Gasteiger partial charge in [0.25, 0.3) is 0 Å². The average Bonchev–Trinajstić information content (AvgIpc) is 2.17. The Bertz CT molecular complexity index is 272. The second kappa shape index (κ2) is 8.36. The number of rotatable bonds is 7. The van der Waals surface area contributed by atoms with Gasteiger partial charge >= 0.3 is 5.97 Å². The Morgan fingerprint density at radius 2 is 2.00 bits per heavy atom. The summed E-state index contributed by atoms with van der Waals surface area (Å²) in [6.07, 6.45) is 1.97. The molecule has 0 aliphatic carbocycles. The number of carbonyl (C=O) groups excluding carboxylic acids is 1. The summed E-state index contributed by atoms with van der Waals surface area (Å²) >= 11 is 0. The van der Waals surface area contributed by atoms with E-state index in [-0.39, 0.29) is 31.5 Å². The SMILES string of the molecule is NN/C=C(\N)CCOC(=O)CCN=C(N)N. The van der Waals surface area contributed by atoms with Crippen LogP contribution in [0.15, 0.2) is 16.9 Å². The summed E-state index contributed by atoms with van der Waals surface area (Å²) in [5, 5.41) is 0. The van der Waals surface area contributed by atoms with Gasteiger partial charge in [-0.3, -0.25) is 15.6 Å². The molecule has 0 heterocycles. The van der Waals surface area contributed by atoms with Gasteiger partial charge in [0.05, 0.1) is 19.6 Å². The first-order chi connectivity index (χ1) is 7.56. The van der Waals surface area contributed by atoms with Crippen LogP contribution < -0.4 is 28.5 Å². The molecule has 0 radical (unpaired) electrons. The molecular weight excluding hydrogens is 212 g/mol. The first kappa shape index (κ1) is 14.0. The highest BCUT2D eigenvalue weighted by Crippen LogP contribution is 1.94. The van der Waals surface area contributed by atoms with E-state index >= 15 is 0 Å². The lowest BCUT2D eigenvalue weighted by atomic mass is 10.3. The Kier molecular flexibility index (Phi) is 7.33. The van der Waals surface area contributed by atoms with Crippen LogP contribution in [0.3, 0.4) is 0 Å².